The van der Waals surface area contributed by atoms with Gasteiger partial charge in [0.25, 0.3) is 11.8 Å². The third-order valence-electron chi connectivity index (χ3n) is 4.02. The molecule has 3 aromatic rings. The highest BCUT2D eigenvalue weighted by Gasteiger charge is 2.13. The molecule has 0 spiro atoms. The minimum atomic E-state index is -0.297. The number of carbonyl (C=O) groups excluding carboxylic acids is 2. The molecule has 144 valence electrons. The van der Waals surface area contributed by atoms with Crippen molar-refractivity contribution in [2.75, 3.05) is 5.32 Å². The Morgan fingerprint density at radius 1 is 1.07 bits per heavy atom. The molecular weight excluding hydrogens is 376 g/mol. The standard InChI is InChI=1S/C21H21ClN4O2/c1-14(2)24-21(28)17-8-9-18(22)19(12-17)25-20(27)16-6-4-15(5-7-16)13-26-11-3-10-23-26/h3-12,14H,13H2,1-2H3,(H,24,28)(H,25,27). The third kappa shape index (κ3) is 4.98. The minimum absolute atomic E-state index is 0.0153. The van der Waals surface area contributed by atoms with Crippen LogP contribution in [0.2, 0.25) is 5.02 Å². The average molecular weight is 397 g/mol. The van der Waals surface area contributed by atoms with Gasteiger partial charge >= 0.3 is 0 Å². The lowest BCUT2D eigenvalue weighted by Crippen LogP contribution is -2.30. The summed E-state index contributed by atoms with van der Waals surface area (Å²) in [6.45, 7) is 4.40. The zero-order valence-corrected chi connectivity index (χ0v) is 16.4. The van der Waals surface area contributed by atoms with Crippen LogP contribution in [0, 0.1) is 0 Å². The van der Waals surface area contributed by atoms with E-state index in [9.17, 15) is 9.59 Å². The summed E-state index contributed by atoms with van der Waals surface area (Å²) in [5, 5.41) is 10.1. The fourth-order valence-electron chi connectivity index (χ4n) is 2.64. The van der Waals surface area contributed by atoms with Gasteiger partial charge in [0.05, 0.1) is 17.3 Å². The van der Waals surface area contributed by atoms with Gasteiger partial charge in [0.2, 0.25) is 0 Å². The van der Waals surface area contributed by atoms with E-state index < -0.39 is 0 Å². The van der Waals surface area contributed by atoms with Crippen LogP contribution < -0.4 is 10.6 Å². The van der Waals surface area contributed by atoms with Crippen molar-refractivity contribution in [2.45, 2.75) is 26.4 Å². The van der Waals surface area contributed by atoms with Gasteiger partial charge in [-0.1, -0.05) is 23.7 Å². The SMILES string of the molecule is CC(C)NC(=O)c1ccc(Cl)c(NC(=O)c2ccc(Cn3cccn3)cc2)c1. The monoisotopic (exact) mass is 396 g/mol. The van der Waals surface area contributed by atoms with E-state index in [0.717, 1.165) is 5.56 Å². The lowest BCUT2D eigenvalue weighted by molar-refractivity contribution is 0.0942. The molecule has 0 aliphatic rings. The minimum Gasteiger partial charge on any atom is -0.350 e. The van der Waals surface area contributed by atoms with E-state index in [4.69, 9.17) is 11.6 Å². The van der Waals surface area contributed by atoms with Crippen LogP contribution in [0.4, 0.5) is 5.69 Å². The molecule has 7 heteroatoms. The summed E-state index contributed by atoms with van der Waals surface area (Å²) in [6.07, 6.45) is 3.60. The number of anilines is 1. The average Bonchev–Trinajstić information content (AvgIpc) is 3.16. The predicted molar refractivity (Wildman–Crippen MR) is 110 cm³/mol. The zero-order valence-electron chi connectivity index (χ0n) is 15.6. The number of halogens is 1. The quantitative estimate of drug-likeness (QED) is 0.661. The Bertz CT molecular complexity index is 967. The van der Waals surface area contributed by atoms with Crippen LogP contribution in [0.15, 0.2) is 60.9 Å². The predicted octanol–water partition coefficient (Wildman–Crippen LogP) is 3.98. The van der Waals surface area contributed by atoms with Gasteiger partial charge in [-0.2, -0.15) is 5.10 Å². The zero-order chi connectivity index (χ0) is 20.1. The maximum absolute atomic E-state index is 12.6. The number of hydrogen-bond donors (Lipinski definition) is 2. The molecule has 0 aliphatic carbocycles. The van der Waals surface area contributed by atoms with Crippen LogP contribution in [0.3, 0.4) is 0 Å². The fraction of sp³-hybridized carbons (Fsp3) is 0.190. The molecule has 2 amide bonds. The Morgan fingerprint density at radius 3 is 2.43 bits per heavy atom. The summed E-state index contributed by atoms with van der Waals surface area (Å²) in [5.74, 6) is -0.515. The Kier molecular flexibility index (Phi) is 6.11. The third-order valence-corrected chi connectivity index (χ3v) is 4.35. The molecule has 1 heterocycles. The second-order valence-corrected chi connectivity index (χ2v) is 7.08. The van der Waals surface area contributed by atoms with Crippen LogP contribution in [-0.4, -0.2) is 27.6 Å². The molecule has 2 aromatic carbocycles. The first kappa shape index (κ1) is 19.6. The number of aromatic nitrogens is 2. The van der Waals surface area contributed by atoms with Gasteiger partial charge in [0.1, 0.15) is 0 Å². The number of carbonyl (C=O) groups is 2. The number of amides is 2. The van der Waals surface area contributed by atoms with E-state index in [2.05, 4.69) is 15.7 Å². The van der Waals surface area contributed by atoms with E-state index in [1.165, 1.54) is 0 Å². The summed E-state index contributed by atoms with van der Waals surface area (Å²) >= 11 is 6.19. The first-order valence-electron chi connectivity index (χ1n) is 8.90. The van der Waals surface area contributed by atoms with Crippen LogP contribution >= 0.6 is 11.6 Å². The molecule has 0 saturated heterocycles. The van der Waals surface area contributed by atoms with Crippen molar-refractivity contribution >= 4 is 29.1 Å². The molecule has 0 bridgehead atoms. The normalized spacial score (nSPS) is 10.7. The molecule has 2 N–H and O–H groups in total. The van der Waals surface area contributed by atoms with Crippen molar-refractivity contribution < 1.29 is 9.59 Å². The molecule has 28 heavy (non-hydrogen) atoms. The second kappa shape index (κ2) is 8.71. The first-order valence-corrected chi connectivity index (χ1v) is 9.28. The van der Waals surface area contributed by atoms with E-state index >= 15 is 0 Å². The van der Waals surface area contributed by atoms with Crippen LogP contribution in [0.1, 0.15) is 40.1 Å². The molecule has 0 atom stereocenters. The number of hydrogen-bond acceptors (Lipinski definition) is 3. The highest BCUT2D eigenvalue weighted by molar-refractivity contribution is 6.34. The van der Waals surface area contributed by atoms with Crippen molar-refractivity contribution in [3.05, 3.63) is 82.6 Å². The van der Waals surface area contributed by atoms with Gasteiger partial charge in [-0.15, -0.1) is 0 Å². The Labute approximate surface area is 168 Å². The van der Waals surface area contributed by atoms with Gasteiger partial charge < -0.3 is 10.6 Å². The van der Waals surface area contributed by atoms with Gasteiger partial charge in [0, 0.05) is 29.6 Å². The lowest BCUT2D eigenvalue weighted by Gasteiger charge is -2.12. The molecule has 6 nitrogen and oxygen atoms in total. The van der Waals surface area contributed by atoms with Gasteiger partial charge in [0.15, 0.2) is 0 Å². The van der Waals surface area contributed by atoms with Gasteiger partial charge in [-0.05, 0) is 55.8 Å². The molecule has 3 rings (SSSR count). The molecule has 0 unspecified atom stereocenters. The molecule has 1 aromatic heterocycles. The number of nitrogens with one attached hydrogen (secondary N) is 2. The largest absolute Gasteiger partial charge is 0.350 e. The second-order valence-electron chi connectivity index (χ2n) is 6.68. The van der Waals surface area contributed by atoms with Crippen molar-refractivity contribution in [3.8, 4) is 0 Å². The molecule has 0 fully saturated rings. The topological polar surface area (TPSA) is 76.0 Å². The molecule has 0 radical (unpaired) electrons. The van der Waals surface area contributed by atoms with Crippen molar-refractivity contribution in [3.63, 3.8) is 0 Å². The summed E-state index contributed by atoms with van der Waals surface area (Å²) in [6, 6.07) is 13.9. The van der Waals surface area contributed by atoms with E-state index in [-0.39, 0.29) is 17.9 Å². The number of benzene rings is 2. The molecule has 0 aliphatic heterocycles. The first-order chi connectivity index (χ1) is 13.4. The fourth-order valence-corrected chi connectivity index (χ4v) is 2.81. The van der Waals surface area contributed by atoms with Crippen LogP contribution in [0.5, 0.6) is 0 Å². The summed E-state index contributed by atoms with van der Waals surface area (Å²) in [7, 11) is 0. The Balaban J connectivity index is 1.71. The number of rotatable bonds is 6. The smallest absolute Gasteiger partial charge is 0.255 e. The highest BCUT2D eigenvalue weighted by Crippen LogP contribution is 2.24. The molecular formula is C21H21ClN4O2. The van der Waals surface area contributed by atoms with E-state index in [0.29, 0.717) is 28.4 Å². The maximum Gasteiger partial charge on any atom is 0.255 e. The summed E-state index contributed by atoms with van der Waals surface area (Å²) < 4.78 is 1.81. The van der Waals surface area contributed by atoms with E-state index in [1.54, 1.807) is 36.5 Å². The summed E-state index contributed by atoms with van der Waals surface area (Å²) in [4.78, 5) is 24.7. The van der Waals surface area contributed by atoms with Crippen LogP contribution in [0.25, 0.3) is 0 Å². The van der Waals surface area contributed by atoms with Crippen LogP contribution in [-0.2, 0) is 6.54 Å². The summed E-state index contributed by atoms with van der Waals surface area (Å²) in [5.41, 5.74) is 2.36. The van der Waals surface area contributed by atoms with Gasteiger partial charge in [-0.3, -0.25) is 14.3 Å². The van der Waals surface area contributed by atoms with Crippen molar-refractivity contribution in [1.82, 2.24) is 15.1 Å². The Morgan fingerprint density at radius 2 is 1.79 bits per heavy atom. The van der Waals surface area contributed by atoms with Crippen molar-refractivity contribution in [1.29, 1.82) is 0 Å². The Hall–Kier alpha value is -3.12. The maximum atomic E-state index is 12.6. The lowest BCUT2D eigenvalue weighted by atomic mass is 10.1. The van der Waals surface area contributed by atoms with E-state index in [1.807, 2.05) is 42.9 Å². The molecule has 0 saturated carbocycles. The highest BCUT2D eigenvalue weighted by atomic mass is 35.5. The number of nitrogens with zero attached hydrogens (tertiary/aromatic N) is 2. The van der Waals surface area contributed by atoms with Gasteiger partial charge in [-0.25, -0.2) is 0 Å². The van der Waals surface area contributed by atoms with Crippen molar-refractivity contribution in [2.24, 2.45) is 0 Å².